The molecule has 2 nitrogen and oxygen atoms in total. The Bertz CT molecular complexity index is 353. The zero-order chi connectivity index (χ0) is 11.4. The third kappa shape index (κ3) is 2.80. The molecule has 0 amide bonds. The second kappa shape index (κ2) is 5.54. The van der Waals surface area contributed by atoms with Crippen molar-refractivity contribution in [1.29, 1.82) is 0 Å². The summed E-state index contributed by atoms with van der Waals surface area (Å²) in [6, 6.07) is 8.32. The van der Waals surface area contributed by atoms with E-state index in [0.717, 1.165) is 30.5 Å². The van der Waals surface area contributed by atoms with Crippen LogP contribution in [0.1, 0.15) is 12.8 Å². The summed E-state index contributed by atoms with van der Waals surface area (Å²) in [5.41, 5.74) is 5.94. The fourth-order valence-corrected chi connectivity index (χ4v) is 3.61. The number of rotatable bonds is 3. The molecule has 0 aromatic heterocycles. The molecule has 0 atom stereocenters. The molecule has 2 N–H and O–H groups in total. The quantitative estimate of drug-likeness (QED) is 0.932. The standard InChI is InChI=1S/C12H16BrNOS/c13-10-3-1-2-4-11(10)16-12(9-14)5-7-15-8-6-12/h1-4H,5-9,14H2. The van der Waals surface area contributed by atoms with Gasteiger partial charge in [-0.15, -0.1) is 11.8 Å². The minimum absolute atomic E-state index is 0.155. The Morgan fingerprint density at radius 1 is 1.31 bits per heavy atom. The molecule has 0 bridgehead atoms. The highest BCUT2D eigenvalue weighted by molar-refractivity contribution is 9.10. The summed E-state index contributed by atoms with van der Waals surface area (Å²) < 4.78 is 6.72. The van der Waals surface area contributed by atoms with E-state index in [1.807, 2.05) is 17.8 Å². The molecule has 0 saturated carbocycles. The van der Waals surface area contributed by atoms with Gasteiger partial charge in [0.05, 0.1) is 0 Å². The fourth-order valence-electron chi connectivity index (χ4n) is 1.85. The molecule has 1 heterocycles. The summed E-state index contributed by atoms with van der Waals surface area (Å²) in [6.07, 6.45) is 2.07. The van der Waals surface area contributed by atoms with Gasteiger partial charge in [0.2, 0.25) is 0 Å². The molecule has 1 saturated heterocycles. The van der Waals surface area contributed by atoms with Crippen LogP contribution in [0.2, 0.25) is 0 Å². The first-order valence-electron chi connectivity index (χ1n) is 5.47. The van der Waals surface area contributed by atoms with Gasteiger partial charge in [0.15, 0.2) is 0 Å². The molecule has 0 unspecified atom stereocenters. The molecule has 1 aliphatic heterocycles. The molecule has 1 aliphatic rings. The topological polar surface area (TPSA) is 35.2 Å². The van der Waals surface area contributed by atoms with Crippen molar-refractivity contribution in [1.82, 2.24) is 0 Å². The third-order valence-corrected chi connectivity index (χ3v) is 5.48. The zero-order valence-corrected chi connectivity index (χ0v) is 11.5. The Hall–Kier alpha value is -0.0300. The molecule has 0 radical (unpaired) electrons. The number of halogens is 1. The van der Waals surface area contributed by atoms with Crippen molar-refractivity contribution in [2.45, 2.75) is 22.5 Å². The Labute approximate surface area is 109 Å². The van der Waals surface area contributed by atoms with E-state index in [1.54, 1.807) is 0 Å². The highest BCUT2D eigenvalue weighted by Crippen LogP contribution is 2.42. The Kier molecular flexibility index (Phi) is 4.30. The monoisotopic (exact) mass is 301 g/mol. The second-order valence-corrected chi connectivity index (χ2v) is 6.40. The van der Waals surface area contributed by atoms with Crippen LogP contribution in [0.5, 0.6) is 0 Å². The van der Waals surface area contributed by atoms with Gasteiger partial charge < -0.3 is 10.5 Å². The van der Waals surface area contributed by atoms with Crippen molar-refractivity contribution in [2.24, 2.45) is 5.73 Å². The molecule has 2 rings (SSSR count). The minimum atomic E-state index is 0.155. The van der Waals surface area contributed by atoms with Crippen molar-refractivity contribution < 1.29 is 4.74 Å². The molecule has 88 valence electrons. The van der Waals surface area contributed by atoms with E-state index in [0.29, 0.717) is 6.54 Å². The maximum atomic E-state index is 5.94. The van der Waals surface area contributed by atoms with E-state index >= 15 is 0 Å². The first-order valence-corrected chi connectivity index (χ1v) is 7.08. The maximum Gasteiger partial charge on any atom is 0.0479 e. The van der Waals surface area contributed by atoms with Crippen LogP contribution in [0.3, 0.4) is 0 Å². The largest absolute Gasteiger partial charge is 0.381 e. The number of hydrogen-bond acceptors (Lipinski definition) is 3. The van der Waals surface area contributed by atoms with Crippen LogP contribution < -0.4 is 5.73 Å². The molecular weight excluding hydrogens is 286 g/mol. The highest BCUT2D eigenvalue weighted by Gasteiger charge is 2.32. The average molecular weight is 302 g/mol. The van der Waals surface area contributed by atoms with Crippen molar-refractivity contribution >= 4 is 27.7 Å². The minimum Gasteiger partial charge on any atom is -0.381 e. The first kappa shape index (κ1) is 12.4. The predicted octanol–water partition coefficient (Wildman–Crippen LogP) is 3.05. The Morgan fingerprint density at radius 2 is 2.00 bits per heavy atom. The van der Waals surface area contributed by atoms with E-state index in [2.05, 4.69) is 34.1 Å². The van der Waals surface area contributed by atoms with E-state index in [4.69, 9.17) is 10.5 Å². The summed E-state index contributed by atoms with van der Waals surface area (Å²) in [5, 5.41) is 0. The molecule has 0 spiro atoms. The van der Waals surface area contributed by atoms with Crippen LogP contribution in [0.4, 0.5) is 0 Å². The summed E-state index contributed by atoms with van der Waals surface area (Å²) in [5.74, 6) is 0. The molecule has 0 aliphatic carbocycles. The lowest BCUT2D eigenvalue weighted by atomic mass is 9.99. The van der Waals surface area contributed by atoms with Crippen molar-refractivity contribution in [3.63, 3.8) is 0 Å². The summed E-state index contributed by atoms with van der Waals surface area (Å²) >= 11 is 5.47. The normalized spacial score (nSPS) is 19.6. The molecule has 16 heavy (non-hydrogen) atoms. The van der Waals surface area contributed by atoms with Gasteiger partial charge in [0, 0.05) is 33.9 Å². The van der Waals surface area contributed by atoms with Gasteiger partial charge in [0.25, 0.3) is 0 Å². The van der Waals surface area contributed by atoms with Gasteiger partial charge >= 0.3 is 0 Å². The lowest BCUT2D eigenvalue weighted by Gasteiger charge is -2.35. The number of thioether (sulfide) groups is 1. The highest BCUT2D eigenvalue weighted by atomic mass is 79.9. The number of hydrogen-bond donors (Lipinski definition) is 1. The Balaban J connectivity index is 2.15. The lowest BCUT2D eigenvalue weighted by molar-refractivity contribution is 0.0792. The van der Waals surface area contributed by atoms with Crippen molar-refractivity contribution in [2.75, 3.05) is 19.8 Å². The smallest absolute Gasteiger partial charge is 0.0479 e. The second-order valence-electron chi connectivity index (χ2n) is 4.03. The molecule has 1 fully saturated rings. The van der Waals surface area contributed by atoms with Crippen LogP contribution in [-0.4, -0.2) is 24.5 Å². The van der Waals surface area contributed by atoms with Crippen LogP contribution in [-0.2, 0) is 4.74 Å². The number of ether oxygens (including phenoxy) is 1. The van der Waals surface area contributed by atoms with Crippen LogP contribution in [0.15, 0.2) is 33.6 Å². The lowest BCUT2D eigenvalue weighted by Crippen LogP contribution is -2.40. The van der Waals surface area contributed by atoms with Crippen molar-refractivity contribution in [3.8, 4) is 0 Å². The molecule has 1 aromatic carbocycles. The average Bonchev–Trinajstić information content (AvgIpc) is 2.33. The van der Waals surface area contributed by atoms with E-state index in [-0.39, 0.29) is 4.75 Å². The SMILES string of the molecule is NCC1(Sc2ccccc2Br)CCOCC1. The summed E-state index contributed by atoms with van der Waals surface area (Å²) in [6.45, 7) is 2.37. The molecule has 4 heteroatoms. The van der Waals surface area contributed by atoms with E-state index in [1.165, 1.54) is 4.90 Å². The van der Waals surface area contributed by atoms with Crippen molar-refractivity contribution in [3.05, 3.63) is 28.7 Å². The molecule has 1 aromatic rings. The van der Waals surface area contributed by atoms with Crippen LogP contribution in [0.25, 0.3) is 0 Å². The fraction of sp³-hybridized carbons (Fsp3) is 0.500. The summed E-state index contributed by atoms with van der Waals surface area (Å²) in [4.78, 5) is 1.27. The zero-order valence-electron chi connectivity index (χ0n) is 9.12. The van der Waals surface area contributed by atoms with Gasteiger partial charge in [-0.05, 0) is 40.9 Å². The van der Waals surface area contributed by atoms with E-state index in [9.17, 15) is 0 Å². The Morgan fingerprint density at radius 3 is 2.62 bits per heavy atom. The number of nitrogens with two attached hydrogens (primary N) is 1. The van der Waals surface area contributed by atoms with Crippen LogP contribution >= 0.6 is 27.7 Å². The number of benzene rings is 1. The maximum absolute atomic E-state index is 5.94. The van der Waals surface area contributed by atoms with E-state index < -0.39 is 0 Å². The van der Waals surface area contributed by atoms with Gasteiger partial charge in [-0.3, -0.25) is 0 Å². The van der Waals surface area contributed by atoms with Gasteiger partial charge in [-0.1, -0.05) is 12.1 Å². The van der Waals surface area contributed by atoms with Gasteiger partial charge in [-0.2, -0.15) is 0 Å². The summed E-state index contributed by atoms with van der Waals surface area (Å²) in [7, 11) is 0. The first-order chi connectivity index (χ1) is 7.76. The van der Waals surface area contributed by atoms with Crippen LogP contribution in [0, 0.1) is 0 Å². The van der Waals surface area contributed by atoms with Gasteiger partial charge in [0.1, 0.15) is 0 Å². The predicted molar refractivity (Wildman–Crippen MR) is 71.8 cm³/mol. The molecular formula is C12H16BrNOS. The van der Waals surface area contributed by atoms with Gasteiger partial charge in [-0.25, -0.2) is 0 Å². The third-order valence-electron chi connectivity index (χ3n) is 2.94.